The van der Waals surface area contributed by atoms with E-state index in [1.54, 1.807) is 12.3 Å². The van der Waals surface area contributed by atoms with Gasteiger partial charge in [-0.3, -0.25) is 0 Å². The molecule has 0 amide bonds. The molecular weight excluding hydrogens is 162 g/mol. The second kappa shape index (κ2) is 4.85. The molecule has 1 aromatic heterocycles. The van der Waals surface area contributed by atoms with Crippen molar-refractivity contribution in [3.8, 4) is 0 Å². The molecule has 0 aliphatic heterocycles. The fraction of sp³-hybridized carbons (Fsp3) is 0.545. The molecule has 0 unspecified atom stereocenters. The van der Waals surface area contributed by atoms with Gasteiger partial charge in [-0.2, -0.15) is 4.73 Å². The summed E-state index contributed by atoms with van der Waals surface area (Å²) in [6.07, 6.45) is 3.11. The van der Waals surface area contributed by atoms with E-state index in [1.807, 2.05) is 19.9 Å². The van der Waals surface area contributed by atoms with E-state index in [9.17, 15) is 5.21 Å². The maximum Gasteiger partial charge on any atom is 0.184 e. The molecule has 0 aliphatic carbocycles. The second-order valence-corrected chi connectivity index (χ2v) is 3.70. The monoisotopic (exact) mass is 181 g/mol. The molecule has 1 heterocycles. The van der Waals surface area contributed by atoms with Crippen molar-refractivity contribution in [3.63, 3.8) is 0 Å². The Bertz CT molecular complexity index is 251. The zero-order valence-corrected chi connectivity index (χ0v) is 9.16. The zero-order chi connectivity index (χ0) is 10.5. The third-order valence-electron chi connectivity index (χ3n) is 1.64. The van der Waals surface area contributed by atoms with Crippen LogP contribution in [0.15, 0.2) is 24.5 Å². The topological polar surface area (TPSA) is 26.9 Å². The quantitative estimate of drug-likeness (QED) is 0.446. The lowest BCUT2D eigenvalue weighted by molar-refractivity contribution is -0.606. The Hall–Kier alpha value is -1.05. The standard InChI is InChI=1S/C9H13NO.C2H6/c1-9(2,3)8-5-4-6-10(11)7-8;1-2/h4-7H,1-3H3;1-2H3. The summed E-state index contributed by atoms with van der Waals surface area (Å²) >= 11 is 0. The molecular formula is C11H19NO. The summed E-state index contributed by atoms with van der Waals surface area (Å²) in [5.41, 5.74) is 1.13. The van der Waals surface area contributed by atoms with Crippen LogP contribution in [-0.4, -0.2) is 0 Å². The third-order valence-corrected chi connectivity index (χ3v) is 1.64. The molecule has 13 heavy (non-hydrogen) atoms. The van der Waals surface area contributed by atoms with Gasteiger partial charge in [0, 0.05) is 11.6 Å². The number of pyridine rings is 1. The number of hydrogen-bond acceptors (Lipinski definition) is 1. The minimum absolute atomic E-state index is 0.0629. The predicted octanol–water partition coefficient (Wildman–Crippen LogP) is 2.64. The Kier molecular flexibility index (Phi) is 4.46. The highest BCUT2D eigenvalue weighted by Gasteiger charge is 2.15. The molecule has 0 radical (unpaired) electrons. The molecule has 0 spiro atoms. The van der Waals surface area contributed by atoms with Crippen LogP contribution in [0.3, 0.4) is 0 Å². The van der Waals surface area contributed by atoms with Crippen LogP contribution in [0.25, 0.3) is 0 Å². The lowest BCUT2D eigenvalue weighted by atomic mass is 9.88. The van der Waals surface area contributed by atoms with Crippen LogP contribution >= 0.6 is 0 Å². The second-order valence-electron chi connectivity index (χ2n) is 3.70. The molecule has 74 valence electrons. The van der Waals surface area contributed by atoms with Crippen LogP contribution in [0.4, 0.5) is 0 Å². The highest BCUT2D eigenvalue weighted by atomic mass is 16.5. The molecule has 0 atom stereocenters. The number of aromatic nitrogens is 1. The van der Waals surface area contributed by atoms with Crippen molar-refractivity contribution in [1.29, 1.82) is 0 Å². The average Bonchev–Trinajstić information content (AvgIpc) is 2.06. The van der Waals surface area contributed by atoms with Crippen LogP contribution < -0.4 is 4.73 Å². The smallest absolute Gasteiger partial charge is 0.184 e. The van der Waals surface area contributed by atoms with Crippen molar-refractivity contribution in [1.82, 2.24) is 0 Å². The first-order valence-corrected chi connectivity index (χ1v) is 4.69. The highest BCUT2D eigenvalue weighted by molar-refractivity contribution is 5.15. The maximum atomic E-state index is 10.9. The van der Waals surface area contributed by atoms with Gasteiger partial charge in [0.05, 0.1) is 0 Å². The number of hydrogen-bond donors (Lipinski definition) is 0. The number of rotatable bonds is 0. The molecule has 0 aromatic carbocycles. The lowest BCUT2D eigenvalue weighted by Crippen LogP contribution is -2.27. The van der Waals surface area contributed by atoms with Crippen molar-refractivity contribution in [2.45, 2.75) is 40.0 Å². The first kappa shape index (κ1) is 11.9. The Labute approximate surface area is 80.8 Å². The van der Waals surface area contributed by atoms with Gasteiger partial charge < -0.3 is 5.21 Å². The van der Waals surface area contributed by atoms with Crippen molar-refractivity contribution in [3.05, 3.63) is 35.3 Å². The van der Waals surface area contributed by atoms with E-state index < -0.39 is 0 Å². The fourth-order valence-electron chi connectivity index (χ4n) is 0.898. The zero-order valence-electron chi connectivity index (χ0n) is 9.16. The summed E-state index contributed by atoms with van der Waals surface area (Å²) in [7, 11) is 0. The molecule has 0 fully saturated rings. The van der Waals surface area contributed by atoms with E-state index in [2.05, 4.69) is 20.8 Å². The molecule has 0 aliphatic rings. The van der Waals surface area contributed by atoms with E-state index in [0.717, 1.165) is 10.3 Å². The molecule has 2 heteroatoms. The highest BCUT2D eigenvalue weighted by Crippen LogP contribution is 2.19. The summed E-state index contributed by atoms with van der Waals surface area (Å²) in [5, 5.41) is 10.9. The van der Waals surface area contributed by atoms with E-state index in [-0.39, 0.29) is 5.41 Å². The fourth-order valence-corrected chi connectivity index (χ4v) is 0.898. The Balaban J connectivity index is 0.000000671. The Morgan fingerprint density at radius 2 is 1.77 bits per heavy atom. The van der Waals surface area contributed by atoms with E-state index in [4.69, 9.17) is 0 Å². The summed E-state index contributed by atoms with van der Waals surface area (Å²) in [4.78, 5) is 0. The molecule has 0 N–H and O–H groups in total. The molecule has 0 saturated heterocycles. The van der Waals surface area contributed by atoms with Crippen LogP contribution in [0.5, 0.6) is 0 Å². The first-order valence-electron chi connectivity index (χ1n) is 4.69. The summed E-state index contributed by atoms with van der Waals surface area (Å²) in [6.45, 7) is 10.3. The average molecular weight is 181 g/mol. The van der Waals surface area contributed by atoms with Crippen molar-refractivity contribution < 1.29 is 4.73 Å². The Morgan fingerprint density at radius 1 is 1.23 bits per heavy atom. The van der Waals surface area contributed by atoms with Crippen LogP contribution in [-0.2, 0) is 5.41 Å². The minimum Gasteiger partial charge on any atom is -0.619 e. The van der Waals surface area contributed by atoms with E-state index >= 15 is 0 Å². The normalized spacial score (nSPS) is 10.2. The van der Waals surface area contributed by atoms with E-state index in [1.165, 1.54) is 6.20 Å². The van der Waals surface area contributed by atoms with Gasteiger partial charge in [0.15, 0.2) is 12.4 Å². The molecule has 0 bridgehead atoms. The molecule has 1 rings (SSSR count). The van der Waals surface area contributed by atoms with Crippen molar-refractivity contribution in [2.24, 2.45) is 0 Å². The maximum absolute atomic E-state index is 10.9. The van der Waals surface area contributed by atoms with Crippen LogP contribution in [0, 0.1) is 5.21 Å². The van der Waals surface area contributed by atoms with E-state index in [0.29, 0.717) is 0 Å². The van der Waals surface area contributed by atoms with Gasteiger partial charge in [-0.1, -0.05) is 34.6 Å². The van der Waals surface area contributed by atoms with Gasteiger partial charge >= 0.3 is 0 Å². The van der Waals surface area contributed by atoms with Gasteiger partial charge in [-0.05, 0) is 11.5 Å². The summed E-state index contributed by atoms with van der Waals surface area (Å²) in [5.74, 6) is 0. The molecule has 0 saturated carbocycles. The van der Waals surface area contributed by atoms with Crippen molar-refractivity contribution >= 4 is 0 Å². The largest absolute Gasteiger partial charge is 0.619 e. The molecule has 2 nitrogen and oxygen atoms in total. The third kappa shape index (κ3) is 3.92. The van der Waals surface area contributed by atoms with Gasteiger partial charge in [0.25, 0.3) is 0 Å². The summed E-state index contributed by atoms with van der Waals surface area (Å²) in [6, 6.07) is 3.74. The first-order chi connectivity index (χ1) is 6.00. The lowest BCUT2D eigenvalue weighted by Gasteiger charge is -2.16. The van der Waals surface area contributed by atoms with Gasteiger partial charge in [-0.15, -0.1) is 0 Å². The van der Waals surface area contributed by atoms with Gasteiger partial charge in [0.1, 0.15) is 0 Å². The summed E-state index contributed by atoms with van der Waals surface area (Å²) < 4.78 is 0.834. The van der Waals surface area contributed by atoms with Gasteiger partial charge in [-0.25, -0.2) is 0 Å². The van der Waals surface area contributed by atoms with Gasteiger partial charge in [0.2, 0.25) is 0 Å². The predicted molar refractivity (Wildman–Crippen MR) is 55.5 cm³/mol. The number of nitrogens with zero attached hydrogens (tertiary/aromatic N) is 1. The minimum atomic E-state index is 0.0629. The van der Waals surface area contributed by atoms with Crippen molar-refractivity contribution in [2.75, 3.05) is 0 Å². The SMILES string of the molecule is CC.CC(C)(C)c1ccc[n+]([O-])c1. The van der Waals surface area contributed by atoms with Crippen LogP contribution in [0.1, 0.15) is 40.2 Å². The Morgan fingerprint density at radius 3 is 2.08 bits per heavy atom. The molecule has 1 aromatic rings. The van der Waals surface area contributed by atoms with Crippen LogP contribution in [0.2, 0.25) is 0 Å².